The van der Waals surface area contributed by atoms with Crippen molar-refractivity contribution < 1.29 is 8.42 Å². The molecule has 1 saturated carbocycles. The maximum atomic E-state index is 12.6. The molecule has 2 atom stereocenters. The van der Waals surface area contributed by atoms with Crippen LogP contribution in [0.5, 0.6) is 0 Å². The molecule has 118 valence electrons. The van der Waals surface area contributed by atoms with Gasteiger partial charge in [0.25, 0.3) is 0 Å². The van der Waals surface area contributed by atoms with E-state index in [1.54, 1.807) is 24.3 Å². The molecule has 1 aliphatic rings. The van der Waals surface area contributed by atoms with E-state index in [-0.39, 0.29) is 5.38 Å². The van der Waals surface area contributed by atoms with Crippen LogP contribution in [0, 0.1) is 0 Å². The standard InChI is InChI=1S/C13H16ClN5O2S/c14-10-5-1-4-8-13(10)22(20,21)16-11-6-2-3-7-12(11)19-9-15-17-18-19/h2-3,6-7,9-10,13,16H,1,4-5,8H2/t10-,13-/m1/s1. The highest BCUT2D eigenvalue weighted by Gasteiger charge is 2.34. The smallest absolute Gasteiger partial charge is 0.237 e. The molecule has 0 spiro atoms. The maximum Gasteiger partial charge on any atom is 0.237 e. The van der Waals surface area contributed by atoms with Gasteiger partial charge in [-0.2, -0.15) is 4.68 Å². The first-order valence-electron chi connectivity index (χ1n) is 7.06. The Bertz CT molecular complexity index is 735. The van der Waals surface area contributed by atoms with Gasteiger partial charge in [0.1, 0.15) is 6.33 Å². The Kier molecular flexibility index (Phi) is 4.30. The van der Waals surface area contributed by atoms with Gasteiger partial charge in [-0.1, -0.05) is 25.0 Å². The Hall–Kier alpha value is -1.67. The van der Waals surface area contributed by atoms with Crippen molar-refractivity contribution in [3.05, 3.63) is 30.6 Å². The van der Waals surface area contributed by atoms with E-state index in [4.69, 9.17) is 11.6 Å². The van der Waals surface area contributed by atoms with Gasteiger partial charge in [0, 0.05) is 0 Å². The minimum Gasteiger partial charge on any atom is -0.281 e. The molecule has 7 nitrogen and oxygen atoms in total. The average Bonchev–Trinajstić information content (AvgIpc) is 3.02. The molecule has 1 N–H and O–H groups in total. The van der Waals surface area contributed by atoms with Crippen LogP contribution in [0.3, 0.4) is 0 Å². The van der Waals surface area contributed by atoms with Gasteiger partial charge in [0.15, 0.2) is 0 Å². The third kappa shape index (κ3) is 3.07. The molecule has 0 saturated heterocycles. The van der Waals surface area contributed by atoms with Gasteiger partial charge >= 0.3 is 0 Å². The summed E-state index contributed by atoms with van der Waals surface area (Å²) in [5.41, 5.74) is 1.00. The lowest BCUT2D eigenvalue weighted by Crippen LogP contribution is -2.37. The van der Waals surface area contributed by atoms with Crippen molar-refractivity contribution in [2.45, 2.75) is 36.3 Å². The van der Waals surface area contributed by atoms with Crippen LogP contribution in [-0.4, -0.2) is 39.3 Å². The van der Waals surface area contributed by atoms with Crippen LogP contribution in [0.1, 0.15) is 25.7 Å². The second-order valence-corrected chi connectivity index (χ2v) is 7.72. The van der Waals surface area contributed by atoms with Gasteiger partial charge in [-0.3, -0.25) is 4.72 Å². The second-order valence-electron chi connectivity index (χ2n) is 5.26. The molecule has 0 aliphatic heterocycles. The fraction of sp³-hybridized carbons (Fsp3) is 0.462. The molecule has 0 unspecified atom stereocenters. The fourth-order valence-corrected chi connectivity index (χ4v) is 4.98. The van der Waals surface area contributed by atoms with E-state index in [1.165, 1.54) is 11.0 Å². The Morgan fingerprint density at radius 1 is 1.23 bits per heavy atom. The van der Waals surface area contributed by atoms with Gasteiger partial charge in [-0.25, -0.2) is 8.42 Å². The van der Waals surface area contributed by atoms with Crippen LogP contribution in [0.25, 0.3) is 5.69 Å². The monoisotopic (exact) mass is 341 g/mol. The minimum atomic E-state index is -3.56. The lowest BCUT2D eigenvalue weighted by molar-refractivity contribution is 0.491. The number of para-hydroxylation sites is 2. The van der Waals surface area contributed by atoms with Crippen molar-refractivity contribution in [2.75, 3.05) is 4.72 Å². The highest BCUT2D eigenvalue weighted by atomic mass is 35.5. The summed E-state index contributed by atoms with van der Waals surface area (Å²) in [6.45, 7) is 0. The van der Waals surface area contributed by atoms with Gasteiger partial charge in [0.2, 0.25) is 10.0 Å². The highest BCUT2D eigenvalue weighted by Crippen LogP contribution is 2.30. The van der Waals surface area contributed by atoms with Crippen molar-refractivity contribution in [1.29, 1.82) is 0 Å². The topological polar surface area (TPSA) is 89.8 Å². The largest absolute Gasteiger partial charge is 0.281 e. The molecule has 0 radical (unpaired) electrons. The number of nitrogens with zero attached hydrogens (tertiary/aromatic N) is 4. The van der Waals surface area contributed by atoms with Crippen molar-refractivity contribution in [3.8, 4) is 5.69 Å². The summed E-state index contributed by atoms with van der Waals surface area (Å²) in [4.78, 5) is 0. The van der Waals surface area contributed by atoms with E-state index in [2.05, 4.69) is 20.2 Å². The SMILES string of the molecule is O=S(=O)(Nc1ccccc1-n1cnnn1)[C@@H]1CCCC[C@H]1Cl. The number of sulfonamides is 1. The Balaban J connectivity index is 1.90. The van der Waals surface area contributed by atoms with Crippen LogP contribution in [0.4, 0.5) is 5.69 Å². The number of aromatic nitrogens is 4. The van der Waals surface area contributed by atoms with E-state index in [0.717, 1.165) is 19.3 Å². The summed E-state index contributed by atoms with van der Waals surface area (Å²) in [5, 5.41) is 10.0. The number of alkyl halides is 1. The molecular weight excluding hydrogens is 326 g/mol. The molecule has 1 aromatic carbocycles. The molecule has 1 fully saturated rings. The van der Waals surface area contributed by atoms with Crippen molar-refractivity contribution >= 4 is 27.3 Å². The summed E-state index contributed by atoms with van der Waals surface area (Å²) in [5.74, 6) is 0. The summed E-state index contributed by atoms with van der Waals surface area (Å²) >= 11 is 6.22. The molecule has 22 heavy (non-hydrogen) atoms. The number of benzene rings is 1. The van der Waals surface area contributed by atoms with Crippen molar-refractivity contribution in [1.82, 2.24) is 20.2 Å². The number of anilines is 1. The van der Waals surface area contributed by atoms with Crippen molar-refractivity contribution in [2.24, 2.45) is 0 Å². The van der Waals surface area contributed by atoms with E-state index in [9.17, 15) is 8.42 Å². The normalized spacial score (nSPS) is 22.4. The zero-order valence-corrected chi connectivity index (χ0v) is 13.3. The number of rotatable bonds is 4. The van der Waals surface area contributed by atoms with Gasteiger partial charge in [-0.05, 0) is 35.4 Å². The first kappa shape index (κ1) is 15.2. The quantitative estimate of drug-likeness (QED) is 0.858. The third-order valence-corrected chi connectivity index (χ3v) is 6.31. The zero-order chi connectivity index (χ0) is 15.6. The molecule has 3 rings (SSSR count). The Morgan fingerprint density at radius 2 is 2.00 bits per heavy atom. The molecule has 1 aliphatic carbocycles. The number of hydrogen-bond acceptors (Lipinski definition) is 5. The first-order valence-corrected chi connectivity index (χ1v) is 9.04. The molecule has 1 heterocycles. The molecule has 0 bridgehead atoms. The van der Waals surface area contributed by atoms with Gasteiger partial charge < -0.3 is 0 Å². The van der Waals surface area contributed by atoms with E-state index in [1.807, 2.05) is 0 Å². The van der Waals surface area contributed by atoms with E-state index < -0.39 is 15.3 Å². The Morgan fingerprint density at radius 3 is 2.73 bits per heavy atom. The number of tetrazole rings is 1. The first-order chi connectivity index (χ1) is 10.6. The second kappa shape index (κ2) is 6.21. The van der Waals surface area contributed by atoms with Crippen LogP contribution in [-0.2, 0) is 10.0 Å². The van der Waals surface area contributed by atoms with Crippen molar-refractivity contribution in [3.63, 3.8) is 0 Å². The predicted octanol–water partition coefficient (Wildman–Crippen LogP) is 1.95. The average molecular weight is 342 g/mol. The summed E-state index contributed by atoms with van der Waals surface area (Å²) < 4.78 is 29.3. The lowest BCUT2D eigenvalue weighted by atomic mass is 10.00. The summed E-state index contributed by atoms with van der Waals surface area (Å²) in [6.07, 6.45) is 4.57. The van der Waals surface area contributed by atoms with Crippen LogP contribution in [0.15, 0.2) is 30.6 Å². The zero-order valence-electron chi connectivity index (χ0n) is 11.8. The number of nitrogens with one attached hydrogen (secondary N) is 1. The molecule has 0 amide bonds. The predicted molar refractivity (Wildman–Crippen MR) is 83.6 cm³/mol. The third-order valence-electron chi connectivity index (χ3n) is 3.77. The summed E-state index contributed by atoms with van der Waals surface area (Å²) in [7, 11) is -3.56. The number of hydrogen-bond donors (Lipinski definition) is 1. The lowest BCUT2D eigenvalue weighted by Gasteiger charge is -2.27. The fourth-order valence-electron chi connectivity index (χ4n) is 2.66. The van der Waals surface area contributed by atoms with Gasteiger partial charge in [0.05, 0.1) is 22.0 Å². The summed E-state index contributed by atoms with van der Waals surface area (Å²) in [6, 6.07) is 6.97. The van der Waals surface area contributed by atoms with E-state index >= 15 is 0 Å². The van der Waals surface area contributed by atoms with Gasteiger partial charge in [-0.15, -0.1) is 16.7 Å². The molecular formula is C13H16ClN5O2S. The van der Waals surface area contributed by atoms with Crippen LogP contribution < -0.4 is 4.72 Å². The Labute approximate surface area is 133 Å². The molecule has 1 aromatic heterocycles. The highest BCUT2D eigenvalue weighted by molar-refractivity contribution is 7.93. The number of halogens is 1. The van der Waals surface area contributed by atoms with Crippen LogP contribution >= 0.6 is 11.6 Å². The van der Waals surface area contributed by atoms with E-state index in [0.29, 0.717) is 17.8 Å². The maximum absolute atomic E-state index is 12.6. The van der Waals surface area contributed by atoms with Crippen LogP contribution in [0.2, 0.25) is 0 Å². The molecule has 9 heteroatoms. The minimum absolute atomic E-state index is 0.355. The molecule has 2 aromatic rings.